The molecule has 0 aliphatic heterocycles. The van der Waals surface area contributed by atoms with Gasteiger partial charge in [0, 0.05) is 11.8 Å². The van der Waals surface area contributed by atoms with Crippen LogP contribution in [0.2, 0.25) is 0 Å². The molecule has 0 heterocycles. The van der Waals surface area contributed by atoms with Gasteiger partial charge in [0.1, 0.15) is 0 Å². The van der Waals surface area contributed by atoms with E-state index in [9.17, 15) is 13.6 Å². The zero-order chi connectivity index (χ0) is 10.0. The summed E-state index contributed by atoms with van der Waals surface area (Å²) < 4.78 is 25.4. The van der Waals surface area contributed by atoms with E-state index in [1.54, 1.807) is 0 Å². The maximum atomic E-state index is 12.7. The van der Waals surface area contributed by atoms with Crippen molar-refractivity contribution in [1.82, 2.24) is 0 Å². The molecule has 3 nitrogen and oxygen atoms in total. The Hall–Kier alpha value is -1.65. The highest BCUT2D eigenvalue weighted by Crippen LogP contribution is 2.17. The van der Waals surface area contributed by atoms with Crippen LogP contribution in [0.15, 0.2) is 12.1 Å². The van der Waals surface area contributed by atoms with Gasteiger partial charge in [-0.1, -0.05) is 0 Å². The predicted octanol–water partition coefficient (Wildman–Crippen LogP) is 2.36. The van der Waals surface area contributed by atoms with E-state index in [0.717, 1.165) is 6.07 Å². The molecular weight excluding hydrogens is 180 g/mol. The van der Waals surface area contributed by atoms with E-state index in [0.29, 0.717) is 0 Å². The van der Waals surface area contributed by atoms with Crippen molar-refractivity contribution in [3.05, 3.63) is 29.3 Å². The Morgan fingerprint density at radius 3 is 2.54 bits per heavy atom. The number of anilines is 1. The molecule has 1 amide bonds. The van der Waals surface area contributed by atoms with Crippen LogP contribution in [0, 0.1) is 18.6 Å². The van der Waals surface area contributed by atoms with Crippen molar-refractivity contribution in [2.24, 2.45) is 0 Å². The number of carbonyl (C=O) groups is 1. The monoisotopic (exact) mass is 187 g/mol. The normalized spacial score (nSPS) is 9.77. The van der Waals surface area contributed by atoms with Gasteiger partial charge in [-0.2, -0.15) is 0 Å². The second-order valence-electron chi connectivity index (χ2n) is 2.52. The Morgan fingerprint density at radius 1 is 1.46 bits per heavy atom. The summed E-state index contributed by atoms with van der Waals surface area (Å²) in [5.41, 5.74) is 0.0765. The maximum absolute atomic E-state index is 12.7. The topological polar surface area (TPSA) is 49.3 Å². The zero-order valence-corrected chi connectivity index (χ0v) is 6.77. The minimum Gasteiger partial charge on any atom is -0.465 e. The second-order valence-corrected chi connectivity index (χ2v) is 2.52. The Kier molecular flexibility index (Phi) is 2.46. The largest absolute Gasteiger partial charge is 0.465 e. The van der Waals surface area contributed by atoms with Gasteiger partial charge in [0.25, 0.3) is 0 Å². The van der Waals surface area contributed by atoms with Crippen LogP contribution in [0.5, 0.6) is 0 Å². The number of hydrogen-bond acceptors (Lipinski definition) is 1. The summed E-state index contributed by atoms with van der Waals surface area (Å²) in [7, 11) is 0. The molecule has 0 aliphatic rings. The molecule has 0 aromatic heterocycles. The number of rotatable bonds is 1. The van der Waals surface area contributed by atoms with Crippen molar-refractivity contribution in [3.63, 3.8) is 0 Å². The molecule has 0 saturated carbocycles. The smallest absolute Gasteiger partial charge is 0.409 e. The summed E-state index contributed by atoms with van der Waals surface area (Å²) in [6.45, 7) is 1.35. The summed E-state index contributed by atoms with van der Waals surface area (Å²) in [6, 6.07) is 2.00. The lowest BCUT2D eigenvalue weighted by atomic mass is 10.2. The van der Waals surface area contributed by atoms with E-state index in [-0.39, 0.29) is 11.3 Å². The quantitative estimate of drug-likeness (QED) is 0.708. The Morgan fingerprint density at radius 2 is 2.08 bits per heavy atom. The van der Waals surface area contributed by atoms with Crippen molar-refractivity contribution in [2.45, 2.75) is 6.92 Å². The van der Waals surface area contributed by atoms with E-state index in [4.69, 9.17) is 5.11 Å². The second kappa shape index (κ2) is 3.38. The minimum atomic E-state index is -1.31. The standard InChI is InChI=1S/C8H7F2NO2/c1-4-2-5(11-8(12)13)3-6(9)7(4)10/h2-3,11H,1H3,(H,12,13). The Labute approximate surface area is 73.0 Å². The first-order chi connectivity index (χ1) is 6.00. The number of hydrogen-bond donors (Lipinski definition) is 2. The molecule has 0 saturated heterocycles. The molecule has 0 bridgehead atoms. The molecule has 2 N–H and O–H groups in total. The fraction of sp³-hybridized carbons (Fsp3) is 0.125. The maximum Gasteiger partial charge on any atom is 0.409 e. The van der Waals surface area contributed by atoms with Gasteiger partial charge in [0.2, 0.25) is 0 Å². The van der Waals surface area contributed by atoms with Gasteiger partial charge < -0.3 is 5.11 Å². The first kappa shape index (κ1) is 9.44. The molecule has 1 rings (SSSR count). The SMILES string of the molecule is Cc1cc(NC(=O)O)cc(F)c1F. The van der Waals surface area contributed by atoms with Crippen molar-refractivity contribution >= 4 is 11.8 Å². The van der Waals surface area contributed by atoms with Gasteiger partial charge in [-0.15, -0.1) is 0 Å². The predicted molar refractivity (Wildman–Crippen MR) is 42.7 cm³/mol. The van der Waals surface area contributed by atoms with Gasteiger partial charge in [0.15, 0.2) is 11.6 Å². The van der Waals surface area contributed by atoms with Gasteiger partial charge in [-0.25, -0.2) is 13.6 Å². The van der Waals surface area contributed by atoms with Gasteiger partial charge in [-0.05, 0) is 18.6 Å². The molecule has 13 heavy (non-hydrogen) atoms. The van der Waals surface area contributed by atoms with Crippen molar-refractivity contribution in [3.8, 4) is 0 Å². The van der Waals surface area contributed by atoms with Gasteiger partial charge in [-0.3, -0.25) is 5.32 Å². The lowest BCUT2D eigenvalue weighted by Gasteiger charge is -2.03. The summed E-state index contributed by atoms with van der Waals surface area (Å²) in [5, 5.41) is 10.2. The third-order valence-corrected chi connectivity index (χ3v) is 1.46. The van der Waals surface area contributed by atoms with E-state index in [2.05, 4.69) is 0 Å². The lowest BCUT2D eigenvalue weighted by Crippen LogP contribution is -2.08. The van der Waals surface area contributed by atoms with E-state index in [1.165, 1.54) is 13.0 Å². The minimum absolute atomic E-state index is 0.0175. The Bertz CT molecular complexity index is 329. The summed E-state index contributed by atoms with van der Waals surface area (Å²) in [6.07, 6.45) is -1.31. The first-order valence-corrected chi connectivity index (χ1v) is 3.46. The van der Waals surface area contributed by atoms with Crippen LogP contribution >= 0.6 is 0 Å². The van der Waals surface area contributed by atoms with Crippen LogP contribution in [0.3, 0.4) is 0 Å². The zero-order valence-electron chi connectivity index (χ0n) is 6.77. The van der Waals surface area contributed by atoms with Gasteiger partial charge in [0.05, 0.1) is 0 Å². The fourth-order valence-corrected chi connectivity index (χ4v) is 0.922. The third kappa shape index (κ3) is 2.14. The highest BCUT2D eigenvalue weighted by molar-refractivity contribution is 5.82. The van der Waals surface area contributed by atoms with Crippen LogP contribution in [-0.4, -0.2) is 11.2 Å². The number of amides is 1. The number of nitrogens with one attached hydrogen (secondary N) is 1. The van der Waals surface area contributed by atoms with Crippen molar-refractivity contribution in [1.29, 1.82) is 0 Å². The highest BCUT2D eigenvalue weighted by atomic mass is 19.2. The number of halogens is 2. The van der Waals surface area contributed by atoms with Crippen LogP contribution in [0.4, 0.5) is 19.3 Å². The third-order valence-electron chi connectivity index (χ3n) is 1.46. The average molecular weight is 187 g/mol. The summed E-state index contributed by atoms with van der Waals surface area (Å²) in [4.78, 5) is 10.1. The van der Waals surface area contributed by atoms with Crippen LogP contribution in [0.1, 0.15) is 5.56 Å². The Balaban J connectivity index is 3.06. The summed E-state index contributed by atoms with van der Waals surface area (Å²) >= 11 is 0. The molecule has 0 atom stereocenters. The lowest BCUT2D eigenvalue weighted by molar-refractivity contribution is 0.209. The van der Waals surface area contributed by atoms with Crippen molar-refractivity contribution in [2.75, 3.05) is 5.32 Å². The summed E-state index contributed by atoms with van der Waals surface area (Å²) in [5.74, 6) is -2.03. The number of benzene rings is 1. The molecule has 5 heteroatoms. The van der Waals surface area contributed by atoms with Gasteiger partial charge >= 0.3 is 6.09 Å². The molecule has 0 unspecified atom stereocenters. The van der Waals surface area contributed by atoms with E-state index in [1.807, 2.05) is 5.32 Å². The van der Waals surface area contributed by atoms with E-state index >= 15 is 0 Å². The molecule has 70 valence electrons. The van der Waals surface area contributed by atoms with Crippen molar-refractivity contribution < 1.29 is 18.7 Å². The molecule has 0 radical (unpaired) electrons. The molecule has 0 fully saturated rings. The average Bonchev–Trinajstić information content (AvgIpc) is 1.98. The fourth-order valence-electron chi connectivity index (χ4n) is 0.922. The molecule has 0 aliphatic carbocycles. The van der Waals surface area contributed by atoms with Crippen LogP contribution < -0.4 is 5.32 Å². The molecular formula is C8H7F2NO2. The first-order valence-electron chi connectivity index (χ1n) is 3.46. The molecule has 1 aromatic rings. The molecule has 0 spiro atoms. The molecule has 1 aromatic carbocycles. The van der Waals surface area contributed by atoms with Crippen LogP contribution in [0.25, 0.3) is 0 Å². The number of carboxylic acid groups (broad SMARTS) is 1. The highest BCUT2D eigenvalue weighted by Gasteiger charge is 2.08. The van der Waals surface area contributed by atoms with E-state index < -0.39 is 17.7 Å². The number of aryl methyl sites for hydroxylation is 1. The van der Waals surface area contributed by atoms with Crippen LogP contribution in [-0.2, 0) is 0 Å².